The topological polar surface area (TPSA) is 91.7 Å². The highest BCUT2D eigenvalue weighted by atomic mass is 19.4. The third-order valence-corrected chi connectivity index (χ3v) is 2.63. The van der Waals surface area contributed by atoms with E-state index < -0.39 is 29.8 Å². The summed E-state index contributed by atoms with van der Waals surface area (Å²) < 4.78 is 36.7. The third kappa shape index (κ3) is 3.02. The van der Waals surface area contributed by atoms with Crippen molar-refractivity contribution >= 4 is 11.0 Å². The van der Waals surface area contributed by atoms with Crippen LogP contribution in [0.2, 0.25) is 0 Å². The molecule has 0 fully saturated rings. The van der Waals surface area contributed by atoms with Gasteiger partial charge in [0.25, 0.3) is 0 Å². The summed E-state index contributed by atoms with van der Waals surface area (Å²) in [5.74, 6) is 0. The molecule has 2 aromatic rings. The lowest BCUT2D eigenvalue weighted by atomic mass is 10.0. The summed E-state index contributed by atoms with van der Waals surface area (Å²) in [6, 6.07) is 2.88. The van der Waals surface area contributed by atoms with Crippen molar-refractivity contribution in [2.75, 3.05) is 0 Å². The van der Waals surface area contributed by atoms with Gasteiger partial charge in [-0.15, -0.1) is 0 Å². The van der Waals surface area contributed by atoms with E-state index in [0.717, 1.165) is 0 Å². The van der Waals surface area contributed by atoms with E-state index in [4.69, 9.17) is 5.73 Å². The molecule has 19 heavy (non-hydrogen) atoms. The lowest BCUT2D eigenvalue weighted by Gasteiger charge is -2.14. The molecule has 102 valence electrons. The van der Waals surface area contributed by atoms with Gasteiger partial charge in [0.2, 0.25) is 0 Å². The van der Waals surface area contributed by atoms with Crippen LogP contribution in [0.1, 0.15) is 18.0 Å². The highest BCUT2D eigenvalue weighted by molar-refractivity contribution is 5.74. The van der Waals surface area contributed by atoms with Gasteiger partial charge in [-0.1, -0.05) is 6.07 Å². The Balaban J connectivity index is 2.44. The van der Waals surface area contributed by atoms with Gasteiger partial charge in [-0.25, -0.2) is 0 Å². The standard InChI is InChI=1S/C11H10F3N3O2/c12-11(13,14)4-6(15)5-1-2-7-8(3-5)17-10(19)9(18)16-7/h1-3,6H,4,15H2,(H,16,18)(H,17,19). The van der Waals surface area contributed by atoms with Gasteiger partial charge in [-0.2, -0.15) is 13.2 Å². The fourth-order valence-electron chi connectivity index (χ4n) is 1.73. The summed E-state index contributed by atoms with van der Waals surface area (Å²) in [5, 5.41) is 0. The largest absolute Gasteiger partial charge is 0.390 e. The van der Waals surface area contributed by atoms with Crippen molar-refractivity contribution in [1.29, 1.82) is 0 Å². The minimum absolute atomic E-state index is 0.229. The van der Waals surface area contributed by atoms with E-state index in [9.17, 15) is 22.8 Å². The number of alkyl halides is 3. The molecule has 1 aromatic carbocycles. The van der Waals surface area contributed by atoms with E-state index in [1.54, 1.807) is 0 Å². The number of hydrogen-bond donors (Lipinski definition) is 3. The maximum absolute atomic E-state index is 12.2. The molecule has 5 nitrogen and oxygen atoms in total. The minimum atomic E-state index is -4.37. The van der Waals surface area contributed by atoms with Crippen LogP contribution in [0.25, 0.3) is 11.0 Å². The van der Waals surface area contributed by atoms with E-state index in [0.29, 0.717) is 5.52 Å². The van der Waals surface area contributed by atoms with Crippen LogP contribution in [-0.4, -0.2) is 16.1 Å². The molecular weight excluding hydrogens is 263 g/mol. The molecule has 0 aliphatic rings. The van der Waals surface area contributed by atoms with Gasteiger partial charge >= 0.3 is 17.3 Å². The van der Waals surface area contributed by atoms with Crippen molar-refractivity contribution in [3.8, 4) is 0 Å². The summed E-state index contributed by atoms with van der Waals surface area (Å²) in [4.78, 5) is 26.8. The number of rotatable bonds is 2. The molecule has 0 spiro atoms. The Hall–Kier alpha value is -2.09. The Morgan fingerprint density at radius 1 is 1.11 bits per heavy atom. The molecule has 1 unspecified atom stereocenters. The second kappa shape index (κ2) is 4.54. The zero-order valence-electron chi connectivity index (χ0n) is 9.54. The fraction of sp³-hybridized carbons (Fsp3) is 0.273. The van der Waals surface area contributed by atoms with E-state index >= 15 is 0 Å². The monoisotopic (exact) mass is 273 g/mol. The van der Waals surface area contributed by atoms with E-state index in [1.807, 2.05) is 0 Å². The van der Waals surface area contributed by atoms with Crippen molar-refractivity contribution in [3.05, 3.63) is 44.5 Å². The smallest absolute Gasteiger partial charge is 0.324 e. The van der Waals surface area contributed by atoms with Gasteiger partial charge in [0.05, 0.1) is 17.5 Å². The van der Waals surface area contributed by atoms with E-state index in [-0.39, 0.29) is 11.1 Å². The Morgan fingerprint density at radius 2 is 1.68 bits per heavy atom. The number of nitrogens with two attached hydrogens (primary N) is 1. The molecule has 4 N–H and O–H groups in total. The van der Waals surface area contributed by atoms with Crippen LogP contribution >= 0.6 is 0 Å². The third-order valence-electron chi connectivity index (χ3n) is 2.63. The molecule has 1 heterocycles. The summed E-state index contributed by atoms with van der Waals surface area (Å²) in [5.41, 5.74) is 4.56. The zero-order chi connectivity index (χ0) is 14.2. The van der Waals surface area contributed by atoms with Crippen LogP contribution in [0.15, 0.2) is 27.8 Å². The van der Waals surface area contributed by atoms with Crippen molar-refractivity contribution in [1.82, 2.24) is 9.97 Å². The predicted molar refractivity (Wildman–Crippen MR) is 62.8 cm³/mol. The Labute approximate surface area is 104 Å². The maximum Gasteiger partial charge on any atom is 0.390 e. The number of fused-ring (bicyclic) bond motifs is 1. The molecule has 8 heteroatoms. The average Bonchev–Trinajstić information content (AvgIpc) is 2.27. The predicted octanol–water partition coefficient (Wildman–Crippen LogP) is 1.17. The van der Waals surface area contributed by atoms with Crippen molar-refractivity contribution in [2.24, 2.45) is 5.73 Å². The fourth-order valence-corrected chi connectivity index (χ4v) is 1.73. The molecule has 0 saturated heterocycles. The second-order valence-electron chi connectivity index (χ2n) is 4.14. The first kappa shape index (κ1) is 13.3. The Bertz CT molecular complexity index is 717. The number of hydrogen-bond acceptors (Lipinski definition) is 3. The number of nitrogens with one attached hydrogen (secondary N) is 2. The SMILES string of the molecule is NC(CC(F)(F)F)c1ccc2[nH]c(=O)c(=O)[nH]c2c1. The van der Waals surface area contributed by atoms with Gasteiger partial charge in [-0.3, -0.25) is 9.59 Å². The van der Waals surface area contributed by atoms with Crippen LogP contribution in [0.5, 0.6) is 0 Å². The van der Waals surface area contributed by atoms with Crippen molar-refractivity contribution in [2.45, 2.75) is 18.6 Å². The maximum atomic E-state index is 12.2. The first-order valence-corrected chi connectivity index (χ1v) is 5.35. The molecule has 0 radical (unpaired) electrons. The first-order chi connectivity index (χ1) is 8.76. The van der Waals surface area contributed by atoms with Crippen LogP contribution in [0.3, 0.4) is 0 Å². The van der Waals surface area contributed by atoms with Crippen molar-refractivity contribution in [3.63, 3.8) is 0 Å². The highest BCUT2D eigenvalue weighted by Gasteiger charge is 2.30. The van der Waals surface area contributed by atoms with Crippen LogP contribution in [0.4, 0.5) is 13.2 Å². The van der Waals surface area contributed by atoms with Gasteiger partial charge < -0.3 is 15.7 Å². The number of aromatic nitrogens is 2. The van der Waals surface area contributed by atoms with Gasteiger partial charge in [0.1, 0.15) is 0 Å². The first-order valence-electron chi connectivity index (χ1n) is 5.35. The second-order valence-corrected chi connectivity index (χ2v) is 4.14. The molecule has 0 bridgehead atoms. The van der Waals surface area contributed by atoms with Gasteiger partial charge in [-0.05, 0) is 17.7 Å². The Kier molecular flexibility index (Phi) is 3.19. The zero-order valence-corrected chi connectivity index (χ0v) is 9.54. The van der Waals surface area contributed by atoms with E-state index in [2.05, 4.69) is 9.97 Å². The molecule has 0 saturated carbocycles. The number of benzene rings is 1. The molecule has 2 rings (SSSR count). The van der Waals surface area contributed by atoms with Crippen LogP contribution in [-0.2, 0) is 0 Å². The van der Waals surface area contributed by atoms with Crippen LogP contribution < -0.4 is 16.9 Å². The molecular formula is C11H10F3N3O2. The molecule has 0 amide bonds. The van der Waals surface area contributed by atoms with Gasteiger partial charge in [0, 0.05) is 6.04 Å². The highest BCUT2D eigenvalue weighted by Crippen LogP contribution is 2.28. The molecule has 1 atom stereocenters. The van der Waals surface area contributed by atoms with Gasteiger partial charge in [0.15, 0.2) is 0 Å². The molecule has 0 aliphatic carbocycles. The lowest BCUT2D eigenvalue weighted by Crippen LogP contribution is -2.29. The quantitative estimate of drug-likeness (QED) is 0.717. The summed E-state index contributed by atoms with van der Waals surface area (Å²) in [6.07, 6.45) is -5.53. The lowest BCUT2D eigenvalue weighted by molar-refractivity contribution is -0.138. The number of halogens is 3. The normalized spacial score (nSPS) is 13.7. The number of aromatic amines is 2. The molecule has 0 aliphatic heterocycles. The van der Waals surface area contributed by atoms with Crippen LogP contribution in [0, 0.1) is 0 Å². The summed E-state index contributed by atoms with van der Waals surface area (Å²) in [6.45, 7) is 0. The Morgan fingerprint density at radius 3 is 2.26 bits per heavy atom. The number of H-pyrrole nitrogens is 2. The minimum Gasteiger partial charge on any atom is -0.324 e. The van der Waals surface area contributed by atoms with Crippen molar-refractivity contribution < 1.29 is 13.2 Å². The average molecular weight is 273 g/mol. The summed E-state index contributed by atoms with van der Waals surface area (Å²) >= 11 is 0. The summed E-state index contributed by atoms with van der Waals surface area (Å²) in [7, 11) is 0. The van der Waals surface area contributed by atoms with E-state index in [1.165, 1.54) is 18.2 Å². The molecule has 1 aromatic heterocycles.